The quantitative estimate of drug-likeness (QED) is 0.320. The first-order valence-electron chi connectivity index (χ1n) is 8.21. The average Bonchev–Trinajstić information content (AvgIpc) is 2.56. The molecule has 0 heterocycles. The molecule has 25 heavy (non-hydrogen) atoms. The number of allylic oxidation sites excluding steroid dienone is 4. The summed E-state index contributed by atoms with van der Waals surface area (Å²) in [5.74, 6) is 0. The molecule has 1 unspecified atom stereocenters. The van der Waals surface area contributed by atoms with Gasteiger partial charge in [0.05, 0.1) is 0 Å². The van der Waals surface area contributed by atoms with Gasteiger partial charge in [-0.1, -0.05) is 72.8 Å². The fourth-order valence-electron chi connectivity index (χ4n) is 4.00. The van der Waals surface area contributed by atoms with Crippen LogP contribution in [-0.4, -0.2) is 9.52 Å². The zero-order chi connectivity index (χ0) is 15.8. The van der Waals surface area contributed by atoms with Crippen molar-refractivity contribution in [3.63, 3.8) is 0 Å². The molecule has 0 bridgehead atoms. The summed E-state index contributed by atoms with van der Waals surface area (Å²) in [6, 6.07) is 0. The van der Waals surface area contributed by atoms with Gasteiger partial charge < -0.3 is 37.2 Å². The van der Waals surface area contributed by atoms with Crippen LogP contribution in [0.15, 0.2) is 24.3 Å². The van der Waals surface area contributed by atoms with Crippen molar-refractivity contribution in [3.05, 3.63) is 46.6 Å². The Morgan fingerprint density at radius 3 is 1.80 bits per heavy atom. The van der Waals surface area contributed by atoms with Gasteiger partial charge in [-0.25, -0.2) is 0 Å². The molecule has 0 amide bonds. The summed E-state index contributed by atoms with van der Waals surface area (Å²) in [7, 11) is -0.340. The first kappa shape index (κ1) is 30.4. The summed E-state index contributed by atoms with van der Waals surface area (Å²) in [4.78, 5) is 0. The summed E-state index contributed by atoms with van der Waals surface area (Å²) < 4.78 is 0. The molecule has 1 aromatic carbocycles. The molecule has 0 N–H and O–H groups in total. The Morgan fingerprint density at radius 2 is 1.44 bits per heavy atom. The van der Waals surface area contributed by atoms with Crippen LogP contribution in [-0.2, 0) is 21.7 Å². The Balaban J connectivity index is -0.00000121. The predicted molar refractivity (Wildman–Crippen MR) is 98.8 cm³/mol. The normalized spacial score (nSPS) is 19.0. The Labute approximate surface area is 191 Å². The van der Waals surface area contributed by atoms with Gasteiger partial charge in [-0.05, 0) is 23.3 Å². The van der Waals surface area contributed by atoms with Crippen molar-refractivity contribution < 1.29 is 58.9 Å². The topological polar surface area (TPSA) is 0 Å². The Morgan fingerprint density at radius 1 is 0.960 bits per heavy atom. The van der Waals surface area contributed by atoms with Gasteiger partial charge in [0, 0.05) is 9.52 Å². The van der Waals surface area contributed by atoms with Crippen molar-refractivity contribution in [2.24, 2.45) is 5.41 Å². The molecule has 0 fully saturated rings. The third kappa shape index (κ3) is 7.28. The molecule has 1 aliphatic rings. The second kappa shape index (κ2) is 11.5. The third-order valence-electron chi connectivity index (χ3n) is 5.23. The maximum absolute atomic E-state index is 2.53. The summed E-state index contributed by atoms with van der Waals surface area (Å²) in [6.45, 7) is 16.4. The fourth-order valence-corrected chi connectivity index (χ4v) is 7.21. The van der Waals surface area contributed by atoms with Crippen molar-refractivity contribution in [3.8, 4) is 0 Å². The molecular weight excluding hydrogens is 423 g/mol. The minimum atomic E-state index is -0.340. The monoisotopic (exact) mass is 452 g/mol. The number of hydrogen-bond acceptors (Lipinski definition) is 0. The van der Waals surface area contributed by atoms with Gasteiger partial charge in [-0.2, -0.15) is 27.4 Å². The summed E-state index contributed by atoms with van der Waals surface area (Å²) >= 11 is 0. The average molecular weight is 454 g/mol. The van der Waals surface area contributed by atoms with E-state index in [0.717, 1.165) is 0 Å². The molecule has 0 aliphatic heterocycles. The van der Waals surface area contributed by atoms with E-state index >= 15 is 0 Å². The van der Waals surface area contributed by atoms with Crippen molar-refractivity contribution in [1.82, 2.24) is 0 Å². The van der Waals surface area contributed by atoms with E-state index in [0.29, 0.717) is 10.5 Å². The molecule has 0 nitrogen and oxygen atoms in total. The standard InChI is InChI=1S/C20H31Si.3ClH.Ti/c1-14-15(2)17(4)18(16(14)3)21-20(13-19(5,6)7)11-9-8-10-12-20;;;;/h8-11H,12-13,21H2,1-7H3;3*1H;/q-1;;;;+4/p-3. The second-order valence-corrected chi connectivity index (χ2v) is 10.7. The first-order chi connectivity index (χ1) is 9.65. The number of rotatable bonds is 3. The van der Waals surface area contributed by atoms with E-state index in [1.54, 1.807) is 16.3 Å². The van der Waals surface area contributed by atoms with Gasteiger partial charge in [-0.15, -0.1) is 0 Å². The van der Waals surface area contributed by atoms with E-state index in [1.165, 1.54) is 24.0 Å². The molecule has 0 aromatic heterocycles. The second-order valence-electron chi connectivity index (χ2n) is 8.25. The Hall–Kier alpha value is 0.631. The molecule has 1 aromatic rings. The van der Waals surface area contributed by atoms with Gasteiger partial charge in [0.1, 0.15) is 0 Å². The smallest absolute Gasteiger partial charge is 1.00 e. The van der Waals surface area contributed by atoms with Crippen LogP contribution < -0.4 is 42.4 Å². The summed E-state index contributed by atoms with van der Waals surface area (Å²) in [5, 5.41) is 2.16. The number of halogens is 3. The molecule has 2 rings (SSSR count). The molecule has 0 saturated carbocycles. The van der Waals surface area contributed by atoms with Crippen LogP contribution in [0.2, 0.25) is 5.04 Å². The van der Waals surface area contributed by atoms with Crippen molar-refractivity contribution >= 4 is 14.7 Å². The zero-order valence-corrected chi connectivity index (χ0v) is 21.8. The zero-order valence-electron chi connectivity index (χ0n) is 16.6. The van der Waals surface area contributed by atoms with Crippen molar-refractivity contribution in [1.29, 1.82) is 0 Å². The van der Waals surface area contributed by atoms with Crippen LogP contribution in [0.4, 0.5) is 0 Å². The SMILES string of the molecule is Cc1c(C)c(C)[c-]([SiH2]C2(CC(C)(C)C)C=CC=CC2)c1C.[Cl-].[Cl-].[Cl-].[Ti+4]. The molecule has 1 aliphatic carbocycles. The van der Waals surface area contributed by atoms with E-state index in [-0.39, 0.29) is 68.5 Å². The van der Waals surface area contributed by atoms with Crippen LogP contribution in [0.25, 0.3) is 0 Å². The maximum Gasteiger partial charge on any atom is 4.00 e. The number of hydrogen-bond donors (Lipinski definition) is 0. The van der Waals surface area contributed by atoms with E-state index in [2.05, 4.69) is 72.8 Å². The molecule has 0 spiro atoms. The van der Waals surface area contributed by atoms with Crippen LogP contribution in [0.5, 0.6) is 0 Å². The molecule has 0 saturated heterocycles. The maximum atomic E-state index is 2.53. The molecule has 140 valence electrons. The van der Waals surface area contributed by atoms with Gasteiger partial charge in [0.2, 0.25) is 0 Å². The summed E-state index contributed by atoms with van der Waals surface area (Å²) in [5.41, 5.74) is 6.59. The molecular formula is C20H31Cl3SiTi. The molecule has 1 atom stereocenters. The van der Waals surface area contributed by atoms with Gasteiger partial charge in [0.25, 0.3) is 0 Å². The largest absolute Gasteiger partial charge is 4.00 e. The van der Waals surface area contributed by atoms with Crippen LogP contribution in [0.3, 0.4) is 0 Å². The summed E-state index contributed by atoms with van der Waals surface area (Å²) in [6.07, 6.45) is 11.9. The van der Waals surface area contributed by atoms with Gasteiger partial charge >= 0.3 is 21.7 Å². The van der Waals surface area contributed by atoms with E-state index in [9.17, 15) is 0 Å². The molecule has 0 radical (unpaired) electrons. The molecule has 5 heteroatoms. The minimum absolute atomic E-state index is 0. The minimum Gasteiger partial charge on any atom is -1.00 e. The predicted octanol–water partition coefficient (Wildman–Crippen LogP) is -4.45. The van der Waals surface area contributed by atoms with E-state index in [1.807, 2.05) is 0 Å². The first-order valence-corrected chi connectivity index (χ1v) is 9.63. The van der Waals surface area contributed by atoms with Gasteiger partial charge in [0.15, 0.2) is 0 Å². The Kier molecular flexibility index (Phi) is 13.9. The van der Waals surface area contributed by atoms with Gasteiger partial charge in [-0.3, -0.25) is 0 Å². The van der Waals surface area contributed by atoms with Crippen LogP contribution in [0.1, 0.15) is 55.9 Å². The Bertz CT molecular complexity index is 572. The van der Waals surface area contributed by atoms with Crippen molar-refractivity contribution in [2.75, 3.05) is 0 Å². The van der Waals surface area contributed by atoms with Crippen molar-refractivity contribution in [2.45, 2.75) is 66.3 Å². The third-order valence-corrected chi connectivity index (χ3v) is 8.12. The van der Waals surface area contributed by atoms with E-state index in [4.69, 9.17) is 0 Å². The van der Waals surface area contributed by atoms with Crippen LogP contribution in [0, 0.1) is 33.1 Å². The van der Waals surface area contributed by atoms with Crippen LogP contribution >= 0.6 is 0 Å². The van der Waals surface area contributed by atoms with E-state index < -0.39 is 0 Å². The fraction of sp³-hybridized carbons (Fsp3) is 0.550.